The van der Waals surface area contributed by atoms with Crippen LogP contribution in [0.3, 0.4) is 0 Å². The summed E-state index contributed by atoms with van der Waals surface area (Å²) in [6.07, 6.45) is 1.38. The summed E-state index contributed by atoms with van der Waals surface area (Å²) in [5.41, 5.74) is 9.07. The SMILES string of the molecule is Cc1ccc(N)cc1C(=O)N1CCC(C(=O)NCc2ccccc2)CC1.Cl. The zero-order valence-electron chi connectivity index (χ0n) is 15.5. The Labute approximate surface area is 166 Å². The number of hydrogen-bond donors (Lipinski definition) is 2. The summed E-state index contributed by atoms with van der Waals surface area (Å²) < 4.78 is 0. The van der Waals surface area contributed by atoms with Crippen LogP contribution in [0.25, 0.3) is 0 Å². The van der Waals surface area contributed by atoms with E-state index < -0.39 is 0 Å². The van der Waals surface area contributed by atoms with E-state index in [-0.39, 0.29) is 30.1 Å². The summed E-state index contributed by atoms with van der Waals surface area (Å²) in [5, 5.41) is 3.00. The van der Waals surface area contributed by atoms with Crippen LogP contribution in [0.15, 0.2) is 48.5 Å². The molecular formula is C21H26ClN3O2. The molecule has 27 heavy (non-hydrogen) atoms. The lowest BCUT2D eigenvalue weighted by Gasteiger charge is -2.31. The molecule has 3 rings (SSSR count). The molecule has 0 spiro atoms. The van der Waals surface area contributed by atoms with Crippen LogP contribution in [0.1, 0.15) is 34.3 Å². The number of hydrogen-bond acceptors (Lipinski definition) is 3. The molecule has 0 bridgehead atoms. The van der Waals surface area contributed by atoms with Crippen LogP contribution >= 0.6 is 12.4 Å². The predicted octanol–water partition coefficient (Wildman–Crippen LogP) is 3.17. The van der Waals surface area contributed by atoms with E-state index in [2.05, 4.69) is 5.32 Å². The molecule has 2 aromatic carbocycles. The number of carbonyl (C=O) groups is 2. The highest BCUT2D eigenvalue weighted by molar-refractivity contribution is 5.96. The summed E-state index contributed by atoms with van der Waals surface area (Å²) in [6.45, 7) is 3.64. The van der Waals surface area contributed by atoms with E-state index in [4.69, 9.17) is 5.73 Å². The Morgan fingerprint density at radius 3 is 2.44 bits per heavy atom. The summed E-state index contributed by atoms with van der Waals surface area (Å²) in [4.78, 5) is 26.9. The maximum Gasteiger partial charge on any atom is 0.254 e. The average Bonchev–Trinajstić information content (AvgIpc) is 2.68. The Morgan fingerprint density at radius 1 is 1.11 bits per heavy atom. The summed E-state index contributed by atoms with van der Waals surface area (Å²) >= 11 is 0. The molecule has 2 aromatic rings. The second-order valence-corrected chi connectivity index (χ2v) is 6.84. The molecule has 5 nitrogen and oxygen atoms in total. The summed E-state index contributed by atoms with van der Waals surface area (Å²) in [7, 11) is 0. The van der Waals surface area contributed by atoms with Crippen LogP contribution in [0.5, 0.6) is 0 Å². The summed E-state index contributed by atoms with van der Waals surface area (Å²) in [6, 6.07) is 15.3. The van der Waals surface area contributed by atoms with Gasteiger partial charge in [-0.1, -0.05) is 36.4 Å². The quantitative estimate of drug-likeness (QED) is 0.791. The van der Waals surface area contributed by atoms with Gasteiger partial charge in [-0.15, -0.1) is 12.4 Å². The first-order valence-corrected chi connectivity index (χ1v) is 9.01. The Morgan fingerprint density at radius 2 is 1.78 bits per heavy atom. The Balaban J connectivity index is 0.00000261. The minimum absolute atomic E-state index is 0. The number of likely N-dealkylation sites (tertiary alicyclic amines) is 1. The van der Waals surface area contributed by atoms with Crippen molar-refractivity contribution in [3.8, 4) is 0 Å². The number of nitrogens with two attached hydrogens (primary N) is 1. The van der Waals surface area contributed by atoms with Gasteiger partial charge in [-0.3, -0.25) is 9.59 Å². The largest absolute Gasteiger partial charge is 0.399 e. The molecule has 1 heterocycles. The topological polar surface area (TPSA) is 75.4 Å². The number of rotatable bonds is 4. The van der Waals surface area contributed by atoms with Crippen LogP contribution in [-0.4, -0.2) is 29.8 Å². The average molecular weight is 388 g/mol. The smallest absolute Gasteiger partial charge is 0.254 e. The number of nitrogen functional groups attached to an aromatic ring is 1. The fourth-order valence-electron chi connectivity index (χ4n) is 3.31. The van der Waals surface area contributed by atoms with Crippen molar-refractivity contribution in [2.45, 2.75) is 26.3 Å². The van der Waals surface area contributed by atoms with E-state index in [1.54, 1.807) is 12.1 Å². The molecule has 1 fully saturated rings. The second-order valence-electron chi connectivity index (χ2n) is 6.84. The Hall–Kier alpha value is -2.53. The minimum Gasteiger partial charge on any atom is -0.399 e. The third-order valence-corrected chi connectivity index (χ3v) is 4.95. The number of benzene rings is 2. The third-order valence-electron chi connectivity index (χ3n) is 4.95. The maximum absolute atomic E-state index is 12.7. The second kappa shape index (κ2) is 9.42. The number of piperidine rings is 1. The normalized spacial score (nSPS) is 14.3. The fourth-order valence-corrected chi connectivity index (χ4v) is 3.31. The number of halogens is 1. The van der Waals surface area contributed by atoms with Gasteiger partial charge in [0.05, 0.1) is 0 Å². The van der Waals surface area contributed by atoms with Crippen molar-refractivity contribution >= 4 is 29.9 Å². The van der Waals surface area contributed by atoms with Crippen molar-refractivity contribution in [2.75, 3.05) is 18.8 Å². The van der Waals surface area contributed by atoms with Gasteiger partial charge in [-0.25, -0.2) is 0 Å². The van der Waals surface area contributed by atoms with Crippen LogP contribution in [-0.2, 0) is 11.3 Å². The molecule has 0 aliphatic carbocycles. The number of anilines is 1. The molecule has 1 aliphatic rings. The van der Waals surface area contributed by atoms with Crippen molar-refractivity contribution < 1.29 is 9.59 Å². The van der Waals surface area contributed by atoms with Gasteiger partial charge in [0.25, 0.3) is 5.91 Å². The van der Waals surface area contributed by atoms with Gasteiger partial charge in [-0.05, 0) is 43.0 Å². The number of carbonyl (C=O) groups excluding carboxylic acids is 2. The molecule has 6 heteroatoms. The fraction of sp³-hybridized carbons (Fsp3) is 0.333. The van der Waals surface area contributed by atoms with Crippen LogP contribution in [0.4, 0.5) is 5.69 Å². The van der Waals surface area contributed by atoms with Gasteiger partial charge in [-0.2, -0.15) is 0 Å². The zero-order valence-corrected chi connectivity index (χ0v) is 16.3. The third kappa shape index (κ3) is 5.23. The number of amides is 2. The zero-order chi connectivity index (χ0) is 18.5. The standard InChI is InChI=1S/C21H25N3O2.ClH/c1-15-7-8-18(22)13-19(15)21(26)24-11-9-17(10-12-24)20(25)23-14-16-5-3-2-4-6-16;/h2-8,13,17H,9-12,14,22H2,1H3,(H,23,25);1H. The Kier molecular flexibility index (Phi) is 7.25. The lowest BCUT2D eigenvalue weighted by molar-refractivity contribution is -0.126. The van der Waals surface area contributed by atoms with Crippen LogP contribution in [0.2, 0.25) is 0 Å². The minimum atomic E-state index is -0.0373. The van der Waals surface area contributed by atoms with Gasteiger partial charge in [0.2, 0.25) is 5.91 Å². The molecule has 1 aliphatic heterocycles. The molecule has 0 radical (unpaired) electrons. The van der Waals surface area contributed by atoms with Crippen molar-refractivity contribution in [3.05, 3.63) is 65.2 Å². The molecule has 0 unspecified atom stereocenters. The number of nitrogens with one attached hydrogen (secondary N) is 1. The van der Waals surface area contributed by atoms with Gasteiger partial charge >= 0.3 is 0 Å². The monoisotopic (exact) mass is 387 g/mol. The van der Waals surface area contributed by atoms with Crippen molar-refractivity contribution in [1.29, 1.82) is 0 Å². The van der Waals surface area contributed by atoms with Crippen molar-refractivity contribution in [1.82, 2.24) is 10.2 Å². The summed E-state index contributed by atoms with van der Waals surface area (Å²) in [5.74, 6) is 0.0312. The molecule has 3 N–H and O–H groups in total. The molecule has 2 amide bonds. The van der Waals surface area contributed by atoms with E-state index in [0.29, 0.717) is 43.7 Å². The van der Waals surface area contributed by atoms with Crippen molar-refractivity contribution in [3.63, 3.8) is 0 Å². The Bertz CT molecular complexity index is 787. The molecule has 144 valence electrons. The molecule has 1 saturated heterocycles. The highest BCUT2D eigenvalue weighted by Gasteiger charge is 2.28. The molecule has 0 aromatic heterocycles. The van der Waals surface area contributed by atoms with Gasteiger partial charge in [0.15, 0.2) is 0 Å². The highest BCUT2D eigenvalue weighted by atomic mass is 35.5. The van der Waals surface area contributed by atoms with Crippen molar-refractivity contribution in [2.24, 2.45) is 5.92 Å². The first-order valence-electron chi connectivity index (χ1n) is 9.01. The van der Waals surface area contributed by atoms with Gasteiger partial charge in [0, 0.05) is 36.8 Å². The van der Waals surface area contributed by atoms with E-state index in [1.165, 1.54) is 0 Å². The molecule has 0 saturated carbocycles. The molecular weight excluding hydrogens is 362 g/mol. The van der Waals surface area contributed by atoms with E-state index >= 15 is 0 Å². The lowest BCUT2D eigenvalue weighted by Crippen LogP contribution is -2.43. The maximum atomic E-state index is 12.7. The number of aryl methyl sites for hydroxylation is 1. The lowest BCUT2D eigenvalue weighted by atomic mass is 9.95. The van der Waals surface area contributed by atoms with Crippen LogP contribution < -0.4 is 11.1 Å². The van der Waals surface area contributed by atoms with E-state index in [0.717, 1.165) is 11.1 Å². The first kappa shape index (κ1) is 20.8. The number of nitrogens with zero attached hydrogens (tertiary/aromatic N) is 1. The highest BCUT2D eigenvalue weighted by Crippen LogP contribution is 2.21. The van der Waals surface area contributed by atoms with E-state index in [1.807, 2.05) is 48.2 Å². The van der Waals surface area contributed by atoms with Gasteiger partial charge in [0.1, 0.15) is 0 Å². The predicted molar refractivity (Wildman–Crippen MR) is 110 cm³/mol. The van der Waals surface area contributed by atoms with Gasteiger partial charge < -0.3 is 16.0 Å². The molecule has 0 atom stereocenters. The van der Waals surface area contributed by atoms with Crippen LogP contribution in [0, 0.1) is 12.8 Å². The van der Waals surface area contributed by atoms with E-state index in [9.17, 15) is 9.59 Å². The first-order chi connectivity index (χ1) is 12.5.